The summed E-state index contributed by atoms with van der Waals surface area (Å²) >= 11 is 2.85. The second kappa shape index (κ2) is 6.63. The van der Waals surface area contributed by atoms with Gasteiger partial charge < -0.3 is 14.8 Å². The Morgan fingerprint density at radius 1 is 0.889 bits per heavy atom. The average Bonchev–Trinajstić information content (AvgIpc) is 3.20. The quantitative estimate of drug-likeness (QED) is 0.519. The average molecular weight is 422 g/mol. The van der Waals surface area contributed by atoms with E-state index in [1.54, 1.807) is 32.4 Å². The number of hydrogen-bond donors (Lipinski definition) is 1. The number of ether oxygens (including phenoxy) is 2. The molecular formula is C17H15N3O4S3. The lowest BCUT2D eigenvalue weighted by molar-refractivity contribution is 0.356. The molecule has 0 fully saturated rings. The van der Waals surface area contributed by atoms with Gasteiger partial charge in [0.2, 0.25) is 0 Å². The van der Waals surface area contributed by atoms with Crippen molar-refractivity contribution in [2.75, 3.05) is 25.8 Å². The van der Waals surface area contributed by atoms with Crippen LogP contribution < -0.4 is 14.8 Å². The highest BCUT2D eigenvalue weighted by atomic mass is 32.2. The number of methoxy groups -OCH3 is 2. The lowest BCUT2D eigenvalue weighted by Gasteiger charge is -2.05. The Balaban J connectivity index is 1.69. The van der Waals surface area contributed by atoms with E-state index in [4.69, 9.17) is 9.47 Å². The zero-order valence-corrected chi connectivity index (χ0v) is 17.1. The maximum atomic E-state index is 11.7. The number of thiazole rings is 2. The van der Waals surface area contributed by atoms with E-state index < -0.39 is 9.84 Å². The zero-order valence-electron chi connectivity index (χ0n) is 14.6. The third kappa shape index (κ3) is 3.43. The van der Waals surface area contributed by atoms with Crippen LogP contribution in [0, 0.1) is 0 Å². The van der Waals surface area contributed by atoms with Gasteiger partial charge in [-0.25, -0.2) is 18.4 Å². The molecule has 10 heteroatoms. The SMILES string of the molecule is COc1cc2nc(Nc3nc4ccc(S(C)(=O)=O)cc4s3)sc2cc1OC. The van der Waals surface area contributed by atoms with E-state index in [0.29, 0.717) is 21.8 Å². The van der Waals surface area contributed by atoms with Gasteiger partial charge in [-0.15, -0.1) is 0 Å². The Morgan fingerprint density at radius 2 is 1.48 bits per heavy atom. The van der Waals surface area contributed by atoms with Gasteiger partial charge in [0, 0.05) is 18.4 Å². The molecule has 2 aromatic heterocycles. The first-order valence-electron chi connectivity index (χ1n) is 7.77. The molecule has 4 aromatic rings. The van der Waals surface area contributed by atoms with Crippen LogP contribution in [0.25, 0.3) is 20.4 Å². The summed E-state index contributed by atoms with van der Waals surface area (Å²) < 4.78 is 35.8. The first kappa shape index (κ1) is 18.0. The van der Waals surface area contributed by atoms with Crippen LogP contribution >= 0.6 is 22.7 Å². The largest absolute Gasteiger partial charge is 0.493 e. The van der Waals surface area contributed by atoms with Gasteiger partial charge in [-0.05, 0) is 18.2 Å². The molecule has 27 heavy (non-hydrogen) atoms. The van der Waals surface area contributed by atoms with Gasteiger partial charge in [0.15, 0.2) is 31.6 Å². The van der Waals surface area contributed by atoms with Crippen molar-refractivity contribution in [1.29, 1.82) is 0 Å². The van der Waals surface area contributed by atoms with E-state index in [2.05, 4.69) is 15.3 Å². The zero-order chi connectivity index (χ0) is 19.2. The van der Waals surface area contributed by atoms with Gasteiger partial charge in [0.05, 0.1) is 39.5 Å². The molecule has 0 atom stereocenters. The molecule has 0 radical (unpaired) electrons. The summed E-state index contributed by atoms with van der Waals surface area (Å²) in [6.07, 6.45) is 1.19. The molecule has 1 N–H and O–H groups in total. The number of benzene rings is 2. The maximum Gasteiger partial charge on any atom is 0.190 e. The third-order valence-corrected chi connectivity index (χ3v) is 6.87. The topological polar surface area (TPSA) is 90.4 Å². The van der Waals surface area contributed by atoms with Gasteiger partial charge in [-0.1, -0.05) is 22.7 Å². The van der Waals surface area contributed by atoms with Crippen molar-refractivity contribution in [2.24, 2.45) is 0 Å². The molecule has 0 saturated carbocycles. The summed E-state index contributed by atoms with van der Waals surface area (Å²) in [5.41, 5.74) is 1.53. The molecule has 0 aliphatic heterocycles. The number of rotatable bonds is 5. The second-order valence-corrected chi connectivity index (χ2v) is 9.82. The molecule has 2 aromatic carbocycles. The highest BCUT2D eigenvalue weighted by molar-refractivity contribution is 7.90. The normalized spacial score (nSPS) is 11.8. The van der Waals surface area contributed by atoms with Gasteiger partial charge in [0.1, 0.15) is 0 Å². The number of sulfone groups is 1. The van der Waals surface area contributed by atoms with Crippen molar-refractivity contribution >= 4 is 63.2 Å². The fraction of sp³-hybridized carbons (Fsp3) is 0.176. The molecule has 0 saturated heterocycles. The predicted molar refractivity (Wildman–Crippen MR) is 109 cm³/mol. The number of fused-ring (bicyclic) bond motifs is 2. The minimum absolute atomic E-state index is 0.282. The van der Waals surface area contributed by atoms with Crippen LogP contribution in [0.4, 0.5) is 10.3 Å². The Labute approximate surface area is 163 Å². The van der Waals surface area contributed by atoms with Crippen molar-refractivity contribution < 1.29 is 17.9 Å². The van der Waals surface area contributed by atoms with Gasteiger partial charge in [-0.2, -0.15) is 0 Å². The summed E-state index contributed by atoms with van der Waals surface area (Å²) in [5, 5.41) is 4.53. The second-order valence-electron chi connectivity index (χ2n) is 5.74. The van der Waals surface area contributed by atoms with Crippen molar-refractivity contribution in [3.8, 4) is 11.5 Å². The van der Waals surface area contributed by atoms with Crippen LogP contribution in [0.3, 0.4) is 0 Å². The molecule has 140 valence electrons. The first-order valence-corrected chi connectivity index (χ1v) is 11.3. The monoisotopic (exact) mass is 421 g/mol. The van der Waals surface area contributed by atoms with Crippen molar-refractivity contribution in [3.63, 3.8) is 0 Å². The molecule has 0 aliphatic carbocycles. The molecule has 0 amide bonds. The minimum Gasteiger partial charge on any atom is -0.493 e. The van der Waals surface area contributed by atoms with E-state index in [1.165, 1.54) is 28.9 Å². The van der Waals surface area contributed by atoms with Crippen molar-refractivity contribution in [1.82, 2.24) is 9.97 Å². The highest BCUT2D eigenvalue weighted by Gasteiger charge is 2.14. The Hall–Kier alpha value is -2.43. The lowest BCUT2D eigenvalue weighted by Crippen LogP contribution is -1.95. The summed E-state index contributed by atoms with van der Waals surface area (Å²) in [5.74, 6) is 1.27. The molecule has 4 rings (SSSR count). The number of nitrogens with one attached hydrogen (secondary N) is 1. The Morgan fingerprint density at radius 3 is 2.11 bits per heavy atom. The molecule has 0 aliphatic rings. The van der Waals surface area contributed by atoms with Gasteiger partial charge in [-0.3, -0.25) is 0 Å². The summed E-state index contributed by atoms with van der Waals surface area (Å²) in [6, 6.07) is 8.63. The van der Waals surface area contributed by atoms with E-state index in [9.17, 15) is 8.42 Å². The van der Waals surface area contributed by atoms with Crippen molar-refractivity contribution in [2.45, 2.75) is 4.90 Å². The maximum absolute atomic E-state index is 11.7. The summed E-state index contributed by atoms with van der Waals surface area (Å²) in [7, 11) is -0.0726. The molecule has 0 bridgehead atoms. The Bertz CT molecular complexity index is 1220. The van der Waals surface area contributed by atoms with Crippen molar-refractivity contribution in [3.05, 3.63) is 30.3 Å². The molecular weight excluding hydrogens is 406 g/mol. The molecule has 0 spiro atoms. The van der Waals surface area contributed by atoms with E-state index in [0.717, 1.165) is 20.4 Å². The highest BCUT2D eigenvalue weighted by Crippen LogP contribution is 2.38. The minimum atomic E-state index is -3.25. The number of hydrogen-bond acceptors (Lipinski definition) is 9. The van der Waals surface area contributed by atoms with Crippen LogP contribution in [0.5, 0.6) is 11.5 Å². The van der Waals surface area contributed by atoms with Crippen LogP contribution in [0.15, 0.2) is 35.2 Å². The summed E-state index contributed by atoms with van der Waals surface area (Å²) in [6.45, 7) is 0. The third-order valence-electron chi connectivity index (χ3n) is 3.90. The molecule has 2 heterocycles. The van der Waals surface area contributed by atoms with Crippen LogP contribution in [-0.2, 0) is 9.84 Å². The Kier molecular flexibility index (Phi) is 4.41. The lowest BCUT2D eigenvalue weighted by atomic mass is 10.3. The molecule has 7 nitrogen and oxygen atoms in total. The van der Waals surface area contributed by atoms with Gasteiger partial charge >= 0.3 is 0 Å². The number of nitrogens with zero attached hydrogens (tertiary/aromatic N) is 2. The van der Waals surface area contributed by atoms with Crippen LogP contribution in [-0.4, -0.2) is 38.9 Å². The smallest absolute Gasteiger partial charge is 0.190 e. The summed E-state index contributed by atoms with van der Waals surface area (Å²) in [4.78, 5) is 9.34. The first-order chi connectivity index (χ1) is 12.9. The predicted octanol–water partition coefficient (Wildman–Crippen LogP) is 4.07. The van der Waals surface area contributed by atoms with E-state index in [1.807, 2.05) is 12.1 Å². The van der Waals surface area contributed by atoms with Crippen LogP contribution in [0.2, 0.25) is 0 Å². The fourth-order valence-electron chi connectivity index (χ4n) is 2.59. The standard InChI is InChI=1S/C17H15N3O4S3/c1-23-12-7-11-15(8-13(12)24-2)26-17(19-11)20-16-18-10-5-4-9(27(3,21)22)6-14(10)25-16/h4-8H,1-3H3,(H,18,19,20). The number of aromatic nitrogens is 2. The van der Waals surface area contributed by atoms with Crippen LogP contribution in [0.1, 0.15) is 0 Å². The van der Waals surface area contributed by atoms with E-state index >= 15 is 0 Å². The fourth-order valence-corrected chi connectivity index (χ4v) is 5.15. The van der Waals surface area contributed by atoms with Gasteiger partial charge in [0.25, 0.3) is 0 Å². The van der Waals surface area contributed by atoms with E-state index in [-0.39, 0.29) is 4.90 Å². The molecule has 0 unspecified atom stereocenters. The number of anilines is 2.